The Morgan fingerprint density at radius 1 is 1.25 bits per heavy atom. The number of nitrogens with zero attached hydrogens (tertiary/aromatic N) is 2. The van der Waals surface area contributed by atoms with Gasteiger partial charge >= 0.3 is 0 Å². The second-order valence-corrected chi connectivity index (χ2v) is 5.12. The Bertz CT molecular complexity index is 743. The summed E-state index contributed by atoms with van der Waals surface area (Å²) in [6.45, 7) is 5.76. The molecule has 2 aromatic carbocycles. The molecule has 0 fully saturated rings. The molecule has 1 amide bonds. The van der Waals surface area contributed by atoms with E-state index < -0.39 is 11.7 Å². The van der Waals surface area contributed by atoms with Crippen molar-refractivity contribution in [3.63, 3.8) is 0 Å². The van der Waals surface area contributed by atoms with Crippen molar-refractivity contribution in [2.75, 3.05) is 18.0 Å². The molecule has 0 heterocycles. The van der Waals surface area contributed by atoms with Crippen LogP contribution >= 0.6 is 0 Å². The highest BCUT2D eigenvalue weighted by molar-refractivity contribution is 5.95. The third kappa shape index (κ3) is 4.32. The summed E-state index contributed by atoms with van der Waals surface area (Å²) in [5, 5.41) is 13.9. The summed E-state index contributed by atoms with van der Waals surface area (Å²) in [5.41, 5.74) is 3.87. The average molecular weight is 329 g/mol. The van der Waals surface area contributed by atoms with Gasteiger partial charge in [0.1, 0.15) is 11.6 Å². The van der Waals surface area contributed by atoms with Crippen molar-refractivity contribution < 1.29 is 14.3 Å². The first-order valence-electron chi connectivity index (χ1n) is 7.72. The van der Waals surface area contributed by atoms with Crippen molar-refractivity contribution in [3.05, 3.63) is 59.4 Å². The number of phenols is 1. The molecule has 0 atom stereocenters. The fourth-order valence-corrected chi connectivity index (χ4v) is 2.28. The maximum atomic E-state index is 13.1. The van der Waals surface area contributed by atoms with Crippen LogP contribution in [0.25, 0.3) is 0 Å². The molecule has 2 N–H and O–H groups in total. The Kier molecular flexibility index (Phi) is 5.89. The van der Waals surface area contributed by atoms with Crippen LogP contribution in [0.15, 0.2) is 47.6 Å². The molecule has 0 aliphatic heterocycles. The number of carbonyl (C=O) groups excluding carboxylic acids is 1. The standard InChI is InChI=1S/C18H20FN3O2/c1-3-22(4-2)16-9-8-14(17(23)11-16)12-20-21-18(24)13-6-5-7-15(19)10-13/h5-12,23H,3-4H2,1-2H3,(H,21,24)/b20-12+. The van der Waals surface area contributed by atoms with Crippen LogP contribution in [-0.4, -0.2) is 30.3 Å². The lowest BCUT2D eigenvalue weighted by molar-refractivity contribution is 0.0954. The van der Waals surface area contributed by atoms with Crippen LogP contribution in [0.4, 0.5) is 10.1 Å². The van der Waals surface area contributed by atoms with Crippen LogP contribution in [0.5, 0.6) is 5.75 Å². The number of hydrogen-bond donors (Lipinski definition) is 2. The van der Waals surface area contributed by atoms with Crippen molar-refractivity contribution in [2.24, 2.45) is 5.10 Å². The van der Waals surface area contributed by atoms with Gasteiger partial charge in [-0.1, -0.05) is 6.07 Å². The highest BCUT2D eigenvalue weighted by atomic mass is 19.1. The van der Waals surface area contributed by atoms with Crippen molar-refractivity contribution in [1.29, 1.82) is 0 Å². The van der Waals surface area contributed by atoms with E-state index in [0.717, 1.165) is 24.8 Å². The lowest BCUT2D eigenvalue weighted by Crippen LogP contribution is -2.21. The molecule has 24 heavy (non-hydrogen) atoms. The summed E-state index contributed by atoms with van der Waals surface area (Å²) in [7, 11) is 0. The maximum absolute atomic E-state index is 13.1. The molecule has 0 bridgehead atoms. The number of anilines is 1. The van der Waals surface area contributed by atoms with E-state index in [1.165, 1.54) is 24.4 Å². The van der Waals surface area contributed by atoms with Gasteiger partial charge < -0.3 is 10.0 Å². The molecule has 0 aliphatic carbocycles. The highest BCUT2D eigenvalue weighted by Crippen LogP contribution is 2.23. The minimum absolute atomic E-state index is 0.0724. The van der Waals surface area contributed by atoms with Crippen LogP contribution < -0.4 is 10.3 Å². The molecule has 0 aliphatic rings. The van der Waals surface area contributed by atoms with Crippen LogP contribution in [0, 0.1) is 5.82 Å². The predicted octanol–water partition coefficient (Wildman–Crippen LogP) is 3.14. The van der Waals surface area contributed by atoms with E-state index in [-0.39, 0.29) is 11.3 Å². The molecule has 2 aromatic rings. The molecule has 0 unspecified atom stereocenters. The summed E-state index contributed by atoms with van der Waals surface area (Å²) in [6.07, 6.45) is 1.35. The van der Waals surface area contributed by atoms with Gasteiger partial charge in [-0.05, 0) is 44.2 Å². The van der Waals surface area contributed by atoms with Crippen molar-refractivity contribution >= 4 is 17.8 Å². The zero-order valence-corrected chi connectivity index (χ0v) is 13.7. The van der Waals surface area contributed by atoms with Gasteiger partial charge in [0.05, 0.1) is 6.21 Å². The van der Waals surface area contributed by atoms with Crippen LogP contribution in [-0.2, 0) is 0 Å². The Labute approximate surface area is 140 Å². The van der Waals surface area contributed by atoms with Gasteiger partial charge in [-0.3, -0.25) is 4.79 Å². The van der Waals surface area contributed by atoms with Gasteiger partial charge in [-0.15, -0.1) is 0 Å². The minimum atomic E-state index is -0.523. The second-order valence-electron chi connectivity index (χ2n) is 5.12. The number of phenolic OH excluding ortho intramolecular Hbond substituents is 1. The molecule has 126 valence electrons. The number of benzene rings is 2. The molecule has 0 aromatic heterocycles. The summed E-state index contributed by atoms with van der Waals surface area (Å²) >= 11 is 0. The van der Waals surface area contributed by atoms with Crippen molar-refractivity contribution in [1.82, 2.24) is 5.43 Å². The van der Waals surface area contributed by atoms with Crippen LogP contribution in [0.3, 0.4) is 0 Å². The van der Waals surface area contributed by atoms with E-state index in [4.69, 9.17) is 0 Å². The summed E-state index contributed by atoms with van der Waals surface area (Å²) in [6, 6.07) is 10.6. The number of nitrogens with one attached hydrogen (secondary N) is 1. The third-order valence-electron chi connectivity index (χ3n) is 3.60. The van der Waals surface area contributed by atoms with Gasteiger partial charge in [0, 0.05) is 36.0 Å². The average Bonchev–Trinajstić information content (AvgIpc) is 2.57. The predicted molar refractivity (Wildman–Crippen MR) is 93.1 cm³/mol. The number of amides is 1. The van der Waals surface area contributed by atoms with Crippen LogP contribution in [0.2, 0.25) is 0 Å². The summed E-state index contributed by atoms with van der Waals surface area (Å²) in [4.78, 5) is 13.9. The number of rotatable bonds is 6. The van der Waals surface area contributed by atoms with E-state index in [9.17, 15) is 14.3 Å². The fraction of sp³-hybridized carbons (Fsp3) is 0.222. The molecule has 0 saturated heterocycles. The lowest BCUT2D eigenvalue weighted by atomic mass is 10.2. The van der Waals surface area contributed by atoms with Crippen LogP contribution in [0.1, 0.15) is 29.8 Å². The molecule has 5 nitrogen and oxygen atoms in total. The van der Waals surface area contributed by atoms with E-state index >= 15 is 0 Å². The van der Waals surface area contributed by atoms with Crippen molar-refractivity contribution in [2.45, 2.75) is 13.8 Å². The Hall–Kier alpha value is -2.89. The number of hydrazone groups is 1. The first kappa shape index (κ1) is 17.5. The van der Waals surface area contributed by atoms with E-state index in [2.05, 4.69) is 15.4 Å². The normalized spacial score (nSPS) is 10.8. The number of carbonyl (C=O) groups is 1. The molecule has 2 rings (SSSR count). The molecule has 0 saturated carbocycles. The molecular weight excluding hydrogens is 309 g/mol. The van der Waals surface area contributed by atoms with Crippen molar-refractivity contribution in [3.8, 4) is 5.75 Å². The SMILES string of the molecule is CCN(CC)c1ccc(/C=N/NC(=O)c2cccc(F)c2)c(O)c1. The van der Waals surface area contributed by atoms with Gasteiger partial charge in [-0.2, -0.15) is 5.10 Å². The number of aromatic hydroxyl groups is 1. The third-order valence-corrected chi connectivity index (χ3v) is 3.60. The smallest absolute Gasteiger partial charge is 0.271 e. The van der Waals surface area contributed by atoms with E-state index in [0.29, 0.717) is 5.56 Å². The number of hydrogen-bond acceptors (Lipinski definition) is 4. The van der Waals surface area contributed by atoms with Gasteiger partial charge in [0.15, 0.2) is 0 Å². The quantitative estimate of drug-likeness (QED) is 0.632. The van der Waals surface area contributed by atoms with Gasteiger partial charge in [0.2, 0.25) is 0 Å². The van der Waals surface area contributed by atoms with Gasteiger partial charge in [-0.25, -0.2) is 9.82 Å². The zero-order chi connectivity index (χ0) is 17.5. The summed E-state index contributed by atoms with van der Waals surface area (Å²) < 4.78 is 13.1. The largest absolute Gasteiger partial charge is 0.507 e. The fourth-order valence-electron chi connectivity index (χ4n) is 2.28. The highest BCUT2D eigenvalue weighted by Gasteiger charge is 2.07. The number of halogens is 1. The topological polar surface area (TPSA) is 64.9 Å². The maximum Gasteiger partial charge on any atom is 0.271 e. The first-order chi connectivity index (χ1) is 11.5. The lowest BCUT2D eigenvalue weighted by Gasteiger charge is -2.21. The molecule has 0 radical (unpaired) electrons. The molecular formula is C18H20FN3O2. The molecule has 6 heteroatoms. The monoisotopic (exact) mass is 329 g/mol. The van der Waals surface area contributed by atoms with E-state index in [1.54, 1.807) is 12.1 Å². The Balaban J connectivity index is 2.05. The second kappa shape index (κ2) is 8.10. The van der Waals surface area contributed by atoms with Gasteiger partial charge in [0.25, 0.3) is 5.91 Å². The van der Waals surface area contributed by atoms with E-state index in [1.807, 2.05) is 19.9 Å². The molecule has 0 spiro atoms. The zero-order valence-electron chi connectivity index (χ0n) is 13.7. The summed E-state index contributed by atoms with van der Waals surface area (Å²) in [5.74, 6) is -0.940. The Morgan fingerprint density at radius 2 is 2.00 bits per heavy atom. The Morgan fingerprint density at radius 3 is 2.62 bits per heavy atom. The minimum Gasteiger partial charge on any atom is -0.507 e. The first-order valence-corrected chi connectivity index (χ1v) is 7.72.